The van der Waals surface area contributed by atoms with Gasteiger partial charge in [0.15, 0.2) is 11.5 Å². The van der Waals surface area contributed by atoms with Crippen molar-refractivity contribution < 1.29 is 27.5 Å². The van der Waals surface area contributed by atoms with Crippen LogP contribution in [0.1, 0.15) is 12.3 Å². The molecular weight excluding hydrogens is 434 g/mol. The molecule has 0 N–H and O–H groups in total. The topological polar surface area (TPSA) is 73.1 Å². The average Bonchev–Trinajstić information content (AvgIpc) is 3.16. The Morgan fingerprint density at radius 2 is 1.79 bits per heavy atom. The lowest BCUT2D eigenvalue weighted by Crippen LogP contribution is -2.30. The van der Waals surface area contributed by atoms with E-state index in [1.165, 1.54) is 18.9 Å². The summed E-state index contributed by atoms with van der Waals surface area (Å²) in [4.78, 5) is 9.11. The van der Waals surface area contributed by atoms with Crippen LogP contribution >= 0.6 is 0 Å². The molecule has 4 rings (SSSR count). The Hall–Kier alpha value is -3.40. The Morgan fingerprint density at radius 3 is 2.52 bits per heavy atom. The third-order valence-electron chi connectivity index (χ3n) is 5.49. The number of benzene rings is 2. The Morgan fingerprint density at radius 1 is 0.970 bits per heavy atom. The lowest BCUT2D eigenvalue weighted by Gasteiger charge is -2.23. The molecule has 3 aromatic rings. The number of anilines is 1. The van der Waals surface area contributed by atoms with Crippen molar-refractivity contribution in [3.8, 4) is 28.6 Å². The molecule has 1 fully saturated rings. The van der Waals surface area contributed by atoms with Crippen LogP contribution < -0.4 is 19.1 Å². The minimum absolute atomic E-state index is 0.0500. The van der Waals surface area contributed by atoms with Gasteiger partial charge >= 0.3 is 6.61 Å². The van der Waals surface area contributed by atoms with Crippen LogP contribution in [-0.2, 0) is 6.54 Å². The Balaban J connectivity index is 1.38. The Bertz CT molecular complexity index is 1050. The first kappa shape index (κ1) is 22.8. The molecule has 1 aromatic heterocycles. The van der Waals surface area contributed by atoms with Crippen molar-refractivity contribution in [2.45, 2.75) is 19.6 Å². The number of hydrogen-bond acceptors (Lipinski definition) is 8. The fourth-order valence-corrected chi connectivity index (χ4v) is 3.81. The predicted octanol–water partition coefficient (Wildman–Crippen LogP) is 4.07. The molecule has 0 atom stereocenters. The number of rotatable bonds is 8. The van der Waals surface area contributed by atoms with E-state index in [1.807, 2.05) is 12.1 Å². The molecule has 1 aliphatic heterocycles. The maximum absolute atomic E-state index is 12.5. The third kappa shape index (κ3) is 5.70. The van der Waals surface area contributed by atoms with Crippen LogP contribution in [0.25, 0.3) is 11.4 Å². The SMILES string of the molecule is COc1ccc(N2CCCN(Cc3nc(-c4ccc(OC(F)F)c(OC)c4)no3)CC2)cc1. The largest absolute Gasteiger partial charge is 0.497 e. The van der Waals surface area contributed by atoms with Crippen molar-refractivity contribution >= 4 is 5.69 Å². The van der Waals surface area contributed by atoms with Gasteiger partial charge in [-0.15, -0.1) is 0 Å². The first-order chi connectivity index (χ1) is 16.1. The van der Waals surface area contributed by atoms with Crippen LogP contribution in [0.5, 0.6) is 17.2 Å². The molecule has 0 radical (unpaired) electrons. The summed E-state index contributed by atoms with van der Waals surface area (Å²) >= 11 is 0. The third-order valence-corrected chi connectivity index (χ3v) is 5.49. The van der Waals surface area contributed by atoms with Crippen molar-refractivity contribution in [1.82, 2.24) is 15.0 Å². The lowest BCUT2D eigenvalue weighted by molar-refractivity contribution is -0.0512. The van der Waals surface area contributed by atoms with Gasteiger partial charge in [-0.3, -0.25) is 4.90 Å². The Kier molecular flexibility index (Phi) is 7.23. The summed E-state index contributed by atoms with van der Waals surface area (Å²) < 4.78 is 45.4. The fraction of sp³-hybridized carbons (Fsp3) is 0.391. The smallest absolute Gasteiger partial charge is 0.387 e. The van der Waals surface area contributed by atoms with Crippen LogP contribution in [0.2, 0.25) is 0 Å². The van der Waals surface area contributed by atoms with Crippen LogP contribution in [0.4, 0.5) is 14.5 Å². The van der Waals surface area contributed by atoms with Gasteiger partial charge in [-0.25, -0.2) is 0 Å². The summed E-state index contributed by atoms with van der Waals surface area (Å²) in [7, 11) is 3.04. The van der Waals surface area contributed by atoms with E-state index in [0.717, 1.165) is 38.3 Å². The van der Waals surface area contributed by atoms with Gasteiger partial charge in [0.1, 0.15) is 5.75 Å². The van der Waals surface area contributed by atoms with Crippen molar-refractivity contribution in [3.63, 3.8) is 0 Å². The zero-order valence-corrected chi connectivity index (χ0v) is 18.5. The van der Waals surface area contributed by atoms with E-state index in [-0.39, 0.29) is 11.5 Å². The van der Waals surface area contributed by atoms with Gasteiger partial charge in [-0.05, 0) is 48.9 Å². The van der Waals surface area contributed by atoms with Gasteiger partial charge in [-0.1, -0.05) is 5.16 Å². The van der Waals surface area contributed by atoms with E-state index in [1.54, 1.807) is 19.2 Å². The highest BCUT2D eigenvalue weighted by Gasteiger charge is 2.19. The summed E-state index contributed by atoms with van der Waals surface area (Å²) in [6.45, 7) is 1.22. The summed E-state index contributed by atoms with van der Waals surface area (Å²) in [5, 5.41) is 4.04. The summed E-state index contributed by atoms with van der Waals surface area (Å²) in [5.41, 5.74) is 1.76. The van der Waals surface area contributed by atoms with E-state index >= 15 is 0 Å². The number of alkyl halides is 2. The molecule has 0 amide bonds. The molecule has 8 nitrogen and oxygen atoms in total. The highest BCUT2D eigenvalue weighted by Crippen LogP contribution is 2.32. The zero-order chi connectivity index (χ0) is 23.2. The first-order valence-corrected chi connectivity index (χ1v) is 10.6. The van der Waals surface area contributed by atoms with Crippen LogP contribution in [0.3, 0.4) is 0 Å². The normalized spacial score (nSPS) is 14.9. The fourth-order valence-electron chi connectivity index (χ4n) is 3.81. The highest BCUT2D eigenvalue weighted by atomic mass is 19.3. The zero-order valence-electron chi connectivity index (χ0n) is 18.5. The number of nitrogens with zero attached hydrogens (tertiary/aromatic N) is 4. The van der Waals surface area contributed by atoms with E-state index in [2.05, 4.69) is 36.8 Å². The molecule has 176 valence electrons. The molecule has 1 saturated heterocycles. The lowest BCUT2D eigenvalue weighted by atomic mass is 10.2. The number of halogens is 2. The average molecular weight is 460 g/mol. The van der Waals surface area contributed by atoms with Crippen molar-refractivity contribution in [3.05, 3.63) is 48.4 Å². The van der Waals surface area contributed by atoms with Gasteiger partial charge in [0.25, 0.3) is 0 Å². The molecule has 0 spiro atoms. The first-order valence-electron chi connectivity index (χ1n) is 10.6. The Labute approximate surface area is 190 Å². The number of aromatic nitrogens is 2. The minimum Gasteiger partial charge on any atom is -0.497 e. The maximum Gasteiger partial charge on any atom is 0.387 e. The molecule has 0 saturated carbocycles. The molecule has 2 heterocycles. The van der Waals surface area contributed by atoms with E-state index < -0.39 is 6.61 Å². The van der Waals surface area contributed by atoms with E-state index in [9.17, 15) is 8.78 Å². The standard InChI is InChI=1S/C23H26F2N4O4/c1-30-18-7-5-17(6-8-18)29-11-3-10-28(12-13-29)15-21-26-22(27-33-21)16-4-9-19(32-23(24)25)20(14-16)31-2/h4-9,14,23H,3,10-13,15H2,1-2H3. The van der Waals surface area contributed by atoms with Crippen LogP contribution in [0, 0.1) is 0 Å². The predicted molar refractivity (Wildman–Crippen MR) is 118 cm³/mol. The van der Waals surface area contributed by atoms with Gasteiger partial charge in [0, 0.05) is 37.4 Å². The summed E-state index contributed by atoms with van der Waals surface area (Å²) in [6, 6.07) is 12.6. The van der Waals surface area contributed by atoms with E-state index in [0.29, 0.717) is 23.8 Å². The molecule has 0 bridgehead atoms. The van der Waals surface area contributed by atoms with Crippen molar-refractivity contribution in [1.29, 1.82) is 0 Å². The van der Waals surface area contributed by atoms with Gasteiger partial charge in [0.2, 0.25) is 11.7 Å². The number of hydrogen-bond donors (Lipinski definition) is 0. The number of methoxy groups -OCH3 is 2. The van der Waals surface area contributed by atoms with E-state index in [4.69, 9.17) is 14.0 Å². The quantitative estimate of drug-likeness (QED) is 0.498. The van der Waals surface area contributed by atoms with Gasteiger partial charge in [-0.2, -0.15) is 13.8 Å². The monoisotopic (exact) mass is 460 g/mol. The maximum atomic E-state index is 12.5. The summed E-state index contributed by atoms with van der Waals surface area (Å²) in [6.07, 6.45) is 1.01. The summed E-state index contributed by atoms with van der Waals surface area (Å²) in [5.74, 6) is 1.82. The molecule has 0 unspecified atom stereocenters. The second-order valence-corrected chi connectivity index (χ2v) is 7.57. The second kappa shape index (κ2) is 10.5. The van der Waals surface area contributed by atoms with Gasteiger partial charge < -0.3 is 23.6 Å². The number of ether oxygens (including phenoxy) is 3. The van der Waals surface area contributed by atoms with Crippen molar-refractivity contribution in [2.75, 3.05) is 45.3 Å². The molecule has 0 aliphatic carbocycles. The molecule has 1 aliphatic rings. The molecule has 2 aromatic carbocycles. The molecule has 10 heteroatoms. The molecule has 33 heavy (non-hydrogen) atoms. The van der Waals surface area contributed by atoms with Crippen molar-refractivity contribution in [2.24, 2.45) is 0 Å². The van der Waals surface area contributed by atoms with Crippen LogP contribution in [0.15, 0.2) is 47.0 Å². The minimum atomic E-state index is -2.93. The van der Waals surface area contributed by atoms with Gasteiger partial charge in [0.05, 0.1) is 20.8 Å². The van der Waals surface area contributed by atoms with Crippen LogP contribution in [-0.4, -0.2) is 62.1 Å². The molecular formula is C23H26F2N4O4. The second-order valence-electron chi connectivity index (χ2n) is 7.57. The highest BCUT2D eigenvalue weighted by molar-refractivity contribution is 5.60.